The average molecular weight is 826 g/mol. The van der Waals surface area contributed by atoms with Crippen molar-refractivity contribution in [2.24, 2.45) is 11.8 Å². The number of nitrogens with zero attached hydrogens (tertiary/aromatic N) is 5. The van der Waals surface area contributed by atoms with Gasteiger partial charge in [-0.15, -0.1) is 0 Å². The molecule has 60 heavy (non-hydrogen) atoms. The predicted molar refractivity (Wildman–Crippen MR) is 214 cm³/mol. The largest absolute Gasteiger partial charge is 0.453 e. The third-order valence-electron chi connectivity index (χ3n) is 12.7. The molecule has 3 aliphatic heterocycles. The van der Waals surface area contributed by atoms with Crippen LogP contribution < -0.4 is 15.5 Å². The first kappa shape index (κ1) is 39.5. The van der Waals surface area contributed by atoms with Crippen molar-refractivity contribution < 1.29 is 37.4 Å². The Bertz CT molecular complexity index is 2280. The van der Waals surface area contributed by atoms with E-state index in [4.69, 9.17) is 9.47 Å². The Morgan fingerprint density at radius 2 is 1.22 bits per heavy atom. The molecule has 0 bridgehead atoms. The van der Waals surface area contributed by atoms with E-state index in [1.165, 1.54) is 32.5 Å². The number of hydrogen-bond acceptors (Lipinski definition) is 9. The van der Waals surface area contributed by atoms with Gasteiger partial charge in [0.2, 0.25) is 11.8 Å². The highest BCUT2D eigenvalue weighted by molar-refractivity contribution is 5.87. The second kappa shape index (κ2) is 16.2. The quantitative estimate of drug-likeness (QED) is 0.143. The second-order valence-electron chi connectivity index (χ2n) is 16.6. The van der Waals surface area contributed by atoms with Crippen LogP contribution in [0.25, 0.3) is 22.5 Å². The molecular formula is C43H49F2N9O6. The highest BCUT2D eigenvalue weighted by Crippen LogP contribution is 2.40. The molecule has 4 N–H and O–H groups in total. The number of aromatic amines is 2. The molecule has 5 heterocycles. The molecule has 4 aromatic rings. The lowest BCUT2D eigenvalue weighted by atomic mass is 9.96. The van der Waals surface area contributed by atoms with Crippen LogP contribution >= 0.6 is 0 Å². The zero-order chi connectivity index (χ0) is 41.7. The smallest absolute Gasteiger partial charge is 0.407 e. The van der Waals surface area contributed by atoms with Crippen LogP contribution in [0.3, 0.4) is 0 Å². The Labute approximate surface area is 345 Å². The van der Waals surface area contributed by atoms with E-state index in [1.54, 1.807) is 16.0 Å². The van der Waals surface area contributed by atoms with Gasteiger partial charge in [0.25, 0.3) is 0 Å². The molecule has 2 aliphatic carbocycles. The van der Waals surface area contributed by atoms with E-state index in [1.807, 2.05) is 17.0 Å². The molecular weight excluding hydrogens is 777 g/mol. The van der Waals surface area contributed by atoms with Gasteiger partial charge in [-0.3, -0.25) is 9.59 Å². The van der Waals surface area contributed by atoms with Gasteiger partial charge in [-0.1, -0.05) is 12.1 Å². The van der Waals surface area contributed by atoms with Crippen LogP contribution in [-0.4, -0.2) is 99.7 Å². The van der Waals surface area contributed by atoms with Crippen molar-refractivity contribution in [3.05, 3.63) is 77.1 Å². The minimum absolute atomic E-state index is 0.0656. The van der Waals surface area contributed by atoms with Crippen LogP contribution in [0, 0.1) is 23.5 Å². The Morgan fingerprint density at radius 1 is 0.700 bits per heavy atom. The van der Waals surface area contributed by atoms with E-state index in [9.17, 15) is 19.2 Å². The van der Waals surface area contributed by atoms with Crippen molar-refractivity contribution in [2.45, 2.75) is 88.5 Å². The monoisotopic (exact) mass is 825 g/mol. The third kappa shape index (κ3) is 7.76. The standard InChI is InChI=1S/C43H49F2N9O6/c1-59-42(57)50-35(23-7-8-23)40(55)53-14-3-5-33(53)38-46-20-31(48-38)26-11-12-27-22-52(16-13-25(27)17-26)37-29(44)18-28(19-30(37)45)32-21-47-39(49-32)34-6-4-15-54(34)41(56)36(24-9-10-24)51-43(58)60-2/h11-12,17-21,23-24,33-36H,3-10,13-16,22H2,1-2H3,(H,46,48)(H,47,49)(H,50,57)(H,51,58). The molecule has 0 spiro atoms. The number of benzene rings is 2. The number of fused-ring (bicyclic) bond motifs is 1. The number of likely N-dealkylation sites (tertiary alicyclic amines) is 2. The van der Waals surface area contributed by atoms with Crippen LogP contribution in [0.1, 0.15) is 86.2 Å². The Morgan fingerprint density at radius 3 is 1.72 bits per heavy atom. The summed E-state index contributed by atoms with van der Waals surface area (Å²) in [7, 11) is 2.56. The third-order valence-corrected chi connectivity index (χ3v) is 12.7. The molecule has 2 saturated heterocycles. The maximum absolute atomic E-state index is 15.9. The Kier molecular flexibility index (Phi) is 10.7. The summed E-state index contributed by atoms with van der Waals surface area (Å²) in [6.45, 7) is 1.82. The van der Waals surface area contributed by atoms with Gasteiger partial charge in [0, 0.05) is 31.7 Å². The number of alkyl carbamates (subject to hydrolysis) is 2. The van der Waals surface area contributed by atoms with Crippen molar-refractivity contribution in [1.29, 1.82) is 0 Å². The summed E-state index contributed by atoms with van der Waals surface area (Å²) in [6.07, 6.45) is 9.09. The average Bonchev–Trinajstić information content (AvgIpc) is 3.97. The molecule has 4 amide bonds. The van der Waals surface area contributed by atoms with Crippen molar-refractivity contribution in [3.63, 3.8) is 0 Å². The molecule has 17 heteroatoms. The minimum atomic E-state index is -0.686. The summed E-state index contributed by atoms with van der Waals surface area (Å²) in [5, 5.41) is 5.44. The van der Waals surface area contributed by atoms with Gasteiger partial charge in [-0.2, -0.15) is 0 Å². The first-order chi connectivity index (χ1) is 29.1. The highest BCUT2D eigenvalue weighted by atomic mass is 19.1. The number of imidazole rings is 2. The van der Waals surface area contributed by atoms with Gasteiger partial charge in [-0.05, 0) is 105 Å². The first-order valence-electron chi connectivity index (χ1n) is 20.9. The molecule has 2 saturated carbocycles. The summed E-state index contributed by atoms with van der Waals surface area (Å²) < 4.78 is 41.4. The van der Waals surface area contributed by atoms with Crippen molar-refractivity contribution in [3.8, 4) is 22.5 Å². The molecule has 2 aromatic carbocycles. The lowest BCUT2D eigenvalue weighted by Crippen LogP contribution is -2.49. The summed E-state index contributed by atoms with van der Waals surface area (Å²) in [5.41, 5.74) is 4.41. The summed E-state index contributed by atoms with van der Waals surface area (Å²) >= 11 is 0. The lowest BCUT2D eigenvalue weighted by molar-refractivity contribution is -0.135. The maximum atomic E-state index is 15.9. The number of carbonyl (C=O) groups is 4. The number of amides is 4. The summed E-state index contributed by atoms with van der Waals surface area (Å²) in [5.74, 6) is -0.284. The molecule has 4 unspecified atom stereocenters. The van der Waals surface area contributed by atoms with Gasteiger partial charge in [-0.25, -0.2) is 28.3 Å². The van der Waals surface area contributed by atoms with Gasteiger partial charge in [0.15, 0.2) is 0 Å². The van der Waals surface area contributed by atoms with E-state index in [2.05, 4.69) is 36.6 Å². The molecule has 4 atom stereocenters. The fraction of sp³-hybridized carbons (Fsp3) is 0.488. The number of methoxy groups -OCH3 is 2. The molecule has 0 radical (unpaired) electrons. The molecule has 4 fully saturated rings. The summed E-state index contributed by atoms with van der Waals surface area (Å²) in [4.78, 5) is 72.3. The normalized spacial score (nSPS) is 21.0. The second-order valence-corrected chi connectivity index (χ2v) is 16.6. The molecule has 2 aromatic heterocycles. The zero-order valence-electron chi connectivity index (χ0n) is 33.6. The Balaban J connectivity index is 0.862. The number of halogens is 2. The zero-order valence-corrected chi connectivity index (χ0v) is 33.6. The number of aromatic nitrogens is 4. The predicted octanol–water partition coefficient (Wildman–Crippen LogP) is 5.90. The molecule has 9 rings (SSSR count). The Hall–Kier alpha value is -6.00. The number of anilines is 1. The number of nitrogens with one attached hydrogen (secondary N) is 4. The minimum Gasteiger partial charge on any atom is -0.453 e. The van der Waals surface area contributed by atoms with Crippen LogP contribution in [0.4, 0.5) is 24.1 Å². The highest BCUT2D eigenvalue weighted by Gasteiger charge is 2.45. The van der Waals surface area contributed by atoms with Crippen LogP contribution in [0.15, 0.2) is 42.7 Å². The number of H-pyrrole nitrogens is 2. The van der Waals surface area contributed by atoms with Gasteiger partial charge < -0.3 is 44.8 Å². The van der Waals surface area contributed by atoms with E-state index < -0.39 is 35.9 Å². The SMILES string of the molecule is COC(=O)NC(C(=O)N1CCCC1c1ncc(-c2cc(F)c(N3CCc4cc(-c5cnc(C6CCCN6C(=O)C(NC(=O)OC)C6CC6)[nH]5)ccc4C3)c(F)c2)[nH]1)C1CC1. The van der Waals surface area contributed by atoms with Crippen LogP contribution in [0.5, 0.6) is 0 Å². The van der Waals surface area contributed by atoms with E-state index in [-0.39, 0.29) is 41.4 Å². The maximum Gasteiger partial charge on any atom is 0.407 e. The first-order valence-corrected chi connectivity index (χ1v) is 20.9. The van der Waals surface area contributed by atoms with Gasteiger partial charge in [0.1, 0.15) is 41.1 Å². The lowest BCUT2D eigenvalue weighted by Gasteiger charge is -2.31. The fourth-order valence-electron chi connectivity index (χ4n) is 9.22. The van der Waals surface area contributed by atoms with Crippen molar-refractivity contribution >= 4 is 29.7 Å². The fourth-order valence-corrected chi connectivity index (χ4v) is 9.22. The molecule has 5 aliphatic rings. The van der Waals surface area contributed by atoms with Crippen molar-refractivity contribution in [1.82, 2.24) is 40.4 Å². The topological polar surface area (TPSA) is 178 Å². The van der Waals surface area contributed by atoms with E-state index in [0.717, 1.165) is 67.3 Å². The van der Waals surface area contributed by atoms with Crippen LogP contribution in [0.2, 0.25) is 0 Å². The molecule has 15 nitrogen and oxygen atoms in total. The van der Waals surface area contributed by atoms with Gasteiger partial charge in [0.05, 0.1) is 50.1 Å². The van der Waals surface area contributed by atoms with Gasteiger partial charge >= 0.3 is 12.2 Å². The summed E-state index contributed by atoms with van der Waals surface area (Å²) in [6, 6.07) is 6.77. The van der Waals surface area contributed by atoms with Crippen LogP contribution in [-0.2, 0) is 32.0 Å². The number of carbonyl (C=O) groups excluding carboxylic acids is 4. The van der Waals surface area contributed by atoms with E-state index >= 15 is 8.78 Å². The number of ether oxygens (including phenoxy) is 2. The van der Waals surface area contributed by atoms with Crippen molar-refractivity contribution in [2.75, 3.05) is 38.8 Å². The number of hydrogen-bond donors (Lipinski definition) is 4. The van der Waals surface area contributed by atoms with E-state index in [0.29, 0.717) is 61.9 Å². The number of rotatable bonds is 11. The molecule has 316 valence electrons.